The molecular weight excluding hydrogens is 332 g/mol. The Kier molecular flexibility index (Phi) is 5.58. The number of amides is 3. The van der Waals surface area contributed by atoms with Crippen LogP contribution in [0.15, 0.2) is 48.8 Å². The van der Waals surface area contributed by atoms with E-state index in [0.29, 0.717) is 16.9 Å². The number of aromatic nitrogens is 1. The topological polar surface area (TPSA) is 100 Å². The molecule has 7 heteroatoms. The second-order valence-corrected chi connectivity index (χ2v) is 6.14. The standard InChI is InChI=1S/C19H20N4O3/c24-17(22-16-2-1-10-20-12-16)9-11-21-18(25)13-5-7-15(8-6-13)23-19(26)14-3-4-14/h1-2,5-8,10,12,14H,3-4,9,11H2,(H,21,25)(H,22,24)(H,23,26). The Morgan fingerprint density at radius 2 is 1.77 bits per heavy atom. The van der Waals surface area contributed by atoms with E-state index in [1.807, 2.05) is 0 Å². The molecule has 0 saturated heterocycles. The SMILES string of the molecule is O=C(CCNC(=O)c1ccc(NC(=O)C2CC2)cc1)Nc1cccnc1. The minimum Gasteiger partial charge on any atom is -0.352 e. The predicted molar refractivity (Wildman–Crippen MR) is 97.6 cm³/mol. The lowest BCUT2D eigenvalue weighted by molar-refractivity contribution is -0.117. The zero-order chi connectivity index (χ0) is 18.4. The number of pyridine rings is 1. The van der Waals surface area contributed by atoms with Crippen LogP contribution in [0.2, 0.25) is 0 Å². The van der Waals surface area contributed by atoms with Crippen LogP contribution in [0.4, 0.5) is 11.4 Å². The van der Waals surface area contributed by atoms with E-state index in [9.17, 15) is 14.4 Å². The quantitative estimate of drug-likeness (QED) is 0.711. The minimum atomic E-state index is -0.265. The van der Waals surface area contributed by atoms with E-state index in [0.717, 1.165) is 12.8 Å². The number of nitrogens with zero attached hydrogens (tertiary/aromatic N) is 1. The lowest BCUT2D eigenvalue weighted by atomic mass is 10.2. The number of hydrogen-bond donors (Lipinski definition) is 3. The van der Waals surface area contributed by atoms with Gasteiger partial charge in [0, 0.05) is 36.3 Å². The van der Waals surface area contributed by atoms with Gasteiger partial charge in [-0.25, -0.2) is 0 Å². The highest BCUT2D eigenvalue weighted by atomic mass is 16.2. The first-order valence-electron chi connectivity index (χ1n) is 8.51. The smallest absolute Gasteiger partial charge is 0.251 e. The highest BCUT2D eigenvalue weighted by Crippen LogP contribution is 2.30. The van der Waals surface area contributed by atoms with Gasteiger partial charge in [-0.3, -0.25) is 19.4 Å². The van der Waals surface area contributed by atoms with Gasteiger partial charge in [-0.05, 0) is 49.2 Å². The van der Waals surface area contributed by atoms with Crippen LogP contribution in [-0.2, 0) is 9.59 Å². The third kappa shape index (κ3) is 5.14. The third-order valence-corrected chi connectivity index (χ3v) is 3.95. The predicted octanol–water partition coefficient (Wildman–Crippen LogP) is 2.19. The van der Waals surface area contributed by atoms with Crippen molar-refractivity contribution in [3.63, 3.8) is 0 Å². The first kappa shape index (κ1) is 17.6. The molecule has 134 valence electrons. The molecule has 1 aromatic heterocycles. The Hall–Kier alpha value is -3.22. The van der Waals surface area contributed by atoms with Gasteiger partial charge < -0.3 is 16.0 Å². The van der Waals surface area contributed by atoms with Crippen LogP contribution < -0.4 is 16.0 Å². The van der Waals surface area contributed by atoms with Crippen LogP contribution in [0.3, 0.4) is 0 Å². The van der Waals surface area contributed by atoms with E-state index < -0.39 is 0 Å². The van der Waals surface area contributed by atoms with Crippen molar-refractivity contribution in [1.82, 2.24) is 10.3 Å². The Labute approximate surface area is 151 Å². The van der Waals surface area contributed by atoms with E-state index >= 15 is 0 Å². The second-order valence-electron chi connectivity index (χ2n) is 6.14. The number of hydrogen-bond acceptors (Lipinski definition) is 4. The molecule has 2 aromatic rings. The highest BCUT2D eigenvalue weighted by molar-refractivity contribution is 5.97. The summed E-state index contributed by atoms with van der Waals surface area (Å²) in [7, 11) is 0. The maximum Gasteiger partial charge on any atom is 0.251 e. The molecule has 1 aliphatic carbocycles. The van der Waals surface area contributed by atoms with Crippen molar-refractivity contribution in [2.45, 2.75) is 19.3 Å². The van der Waals surface area contributed by atoms with E-state index in [4.69, 9.17) is 0 Å². The number of benzene rings is 1. The van der Waals surface area contributed by atoms with Crippen molar-refractivity contribution < 1.29 is 14.4 Å². The van der Waals surface area contributed by atoms with E-state index in [1.54, 1.807) is 48.8 Å². The van der Waals surface area contributed by atoms with Gasteiger partial charge in [0.15, 0.2) is 0 Å². The lowest BCUT2D eigenvalue weighted by Crippen LogP contribution is -2.27. The zero-order valence-corrected chi connectivity index (χ0v) is 14.2. The first-order valence-corrected chi connectivity index (χ1v) is 8.51. The fraction of sp³-hybridized carbons (Fsp3) is 0.263. The monoisotopic (exact) mass is 352 g/mol. The van der Waals surface area contributed by atoms with Gasteiger partial charge in [-0.2, -0.15) is 0 Å². The van der Waals surface area contributed by atoms with Crippen LogP contribution >= 0.6 is 0 Å². The maximum atomic E-state index is 12.1. The third-order valence-electron chi connectivity index (χ3n) is 3.95. The van der Waals surface area contributed by atoms with Gasteiger partial charge in [0.25, 0.3) is 5.91 Å². The average molecular weight is 352 g/mol. The molecule has 0 aliphatic heterocycles. The van der Waals surface area contributed by atoms with Crippen molar-refractivity contribution in [3.8, 4) is 0 Å². The fourth-order valence-electron chi connectivity index (χ4n) is 2.35. The van der Waals surface area contributed by atoms with Crippen LogP contribution in [0, 0.1) is 5.92 Å². The Bertz CT molecular complexity index is 786. The van der Waals surface area contributed by atoms with Gasteiger partial charge >= 0.3 is 0 Å². The van der Waals surface area contributed by atoms with Crippen LogP contribution in [0.5, 0.6) is 0 Å². The molecule has 3 N–H and O–H groups in total. The van der Waals surface area contributed by atoms with Crippen molar-refractivity contribution in [3.05, 3.63) is 54.4 Å². The van der Waals surface area contributed by atoms with E-state index in [2.05, 4.69) is 20.9 Å². The van der Waals surface area contributed by atoms with Crippen molar-refractivity contribution in [1.29, 1.82) is 0 Å². The van der Waals surface area contributed by atoms with Crippen molar-refractivity contribution in [2.24, 2.45) is 5.92 Å². The molecule has 1 aromatic carbocycles. The largest absolute Gasteiger partial charge is 0.352 e. The summed E-state index contributed by atoms with van der Waals surface area (Å²) in [5.74, 6) is -0.298. The molecule has 0 radical (unpaired) electrons. The molecule has 3 amide bonds. The first-order chi connectivity index (χ1) is 12.6. The number of carbonyl (C=O) groups excluding carboxylic acids is 3. The molecule has 0 atom stereocenters. The highest BCUT2D eigenvalue weighted by Gasteiger charge is 2.29. The molecule has 0 unspecified atom stereocenters. The summed E-state index contributed by atoms with van der Waals surface area (Å²) in [6.45, 7) is 0.227. The number of rotatable bonds is 7. The molecule has 1 heterocycles. The molecule has 1 fully saturated rings. The van der Waals surface area contributed by atoms with Gasteiger partial charge in [-0.1, -0.05) is 0 Å². The van der Waals surface area contributed by atoms with Gasteiger partial charge in [0.2, 0.25) is 11.8 Å². The second kappa shape index (κ2) is 8.24. The summed E-state index contributed by atoms with van der Waals surface area (Å²) in [6.07, 6.45) is 5.23. The molecule has 0 bridgehead atoms. The Balaban J connectivity index is 1.41. The molecule has 0 spiro atoms. The van der Waals surface area contributed by atoms with Crippen molar-refractivity contribution in [2.75, 3.05) is 17.2 Å². The van der Waals surface area contributed by atoms with E-state index in [1.165, 1.54) is 0 Å². The lowest BCUT2D eigenvalue weighted by Gasteiger charge is -2.08. The molecule has 26 heavy (non-hydrogen) atoms. The number of carbonyl (C=O) groups is 3. The average Bonchev–Trinajstić information content (AvgIpc) is 3.48. The van der Waals surface area contributed by atoms with Gasteiger partial charge in [0.1, 0.15) is 0 Å². The summed E-state index contributed by atoms with van der Waals surface area (Å²) in [5, 5.41) is 8.23. The normalized spacial score (nSPS) is 12.9. The van der Waals surface area contributed by atoms with E-state index in [-0.39, 0.29) is 36.6 Å². The summed E-state index contributed by atoms with van der Waals surface area (Å²) in [4.78, 5) is 39.5. The van der Waals surface area contributed by atoms with Gasteiger partial charge in [-0.15, -0.1) is 0 Å². The molecule has 3 rings (SSSR count). The molecule has 1 aliphatic rings. The Morgan fingerprint density at radius 3 is 2.42 bits per heavy atom. The zero-order valence-electron chi connectivity index (χ0n) is 14.2. The summed E-state index contributed by atoms with van der Waals surface area (Å²) >= 11 is 0. The van der Waals surface area contributed by atoms with Crippen LogP contribution in [0.1, 0.15) is 29.6 Å². The minimum absolute atomic E-state index is 0.0295. The number of nitrogens with one attached hydrogen (secondary N) is 3. The summed E-state index contributed by atoms with van der Waals surface area (Å²) < 4.78 is 0. The van der Waals surface area contributed by atoms with Crippen LogP contribution in [0.25, 0.3) is 0 Å². The van der Waals surface area contributed by atoms with Crippen LogP contribution in [-0.4, -0.2) is 29.3 Å². The van der Waals surface area contributed by atoms with Crippen molar-refractivity contribution >= 4 is 29.1 Å². The Morgan fingerprint density at radius 1 is 1.00 bits per heavy atom. The summed E-state index contributed by atoms with van der Waals surface area (Å²) in [6, 6.07) is 10.2. The number of anilines is 2. The van der Waals surface area contributed by atoms with Gasteiger partial charge in [0.05, 0.1) is 11.9 Å². The summed E-state index contributed by atoms with van der Waals surface area (Å²) in [5.41, 5.74) is 1.77. The molecule has 7 nitrogen and oxygen atoms in total. The molecule has 1 saturated carbocycles. The fourth-order valence-corrected chi connectivity index (χ4v) is 2.35. The molecular formula is C19H20N4O3. The maximum absolute atomic E-state index is 12.1.